The van der Waals surface area contributed by atoms with E-state index >= 15 is 0 Å². The molecule has 0 aliphatic heterocycles. The lowest BCUT2D eigenvalue weighted by Crippen LogP contribution is -2.32. The molecule has 21 heavy (non-hydrogen) atoms. The number of benzene rings is 1. The van der Waals surface area contributed by atoms with Gasteiger partial charge in [0.1, 0.15) is 0 Å². The number of nitrogens with one attached hydrogen (secondary N) is 1. The lowest BCUT2D eigenvalue weighted by atomic mass is 10.1. The van der Waals surface area contributed by atoms with Crippen molar-refractivity contribution < 1.29 is 4.79 Å². The standard InChI is InChI=1S/C16H22N4O/c17-14(8-9-15(18)19)11-4-3-5-12(10-11)16(21)20-13-6-1-2-7-13/h3-5,8-10,13H,1-2,6-7,17-19H2,(H,20,21)/b14-8-. The van der Waals surface area contributed by atoms with E-state index in [1.807, 2.05) is 12.1 Å². The van der Waals surface area contributed by atoms with Crippen molar-refractivity contribution in [3.8, 4) is 0 Å². The maximum absolute atomic E-state index is 12.2. The van der Waals surface area contributed by atoms with Crippen LogP contribution in [0.1, 0.15) is 41.6 Å². The van der Waals surface area contributed by atoms with Gasteiger partial charge in [0, 0.05) is 17.3 Å². The molecule has 0 aromatic heterocycles. The van der Waals surface area contributed by atoms with Gasteiger partial charge in [-0.2, -0.15) is 0 Å². The number of carbonyl (C=O) groups excluding carboxylic acids is 1. The van der Waals surface area contributed by atoms with E-state index in [1.165, 1.54) is 18.9 Å². The van der Waals surface area contributed by atoms with Gasteiger partial charge in [-0.25, -0.2) is 0 Å². The highest BCUT2D eigenvalue weighted by atomic mass is 16.1. The van der Waals surface area contributed by atoms with Crippen LogP contribution in [0.25, 0.3) is 5.70 Å². The lowest BCUT2D eigenvalue weighted by molar-refractivity contribution is 0.0938. The van der Waals surface area contributed by atoms with Crippen molar-refractivity contribution in [2.75, 3.05) is 0 Å². The highest BCUT2D eigenvalue weighted by molar-refractivity contribution is 5.95. The highest BCUT2D eigenvalue weighted by Gasteiger charge is 2.18. The maximum atomic E-state index is 12.2. The van der Waals surface area contributed by atoms with Crippen molar-refractivity contribution in [1.82, 2.24) is 5.32 Å². The van der Waals surface area contributed by atoms with Crippen LogP contribution < -0.4 is 22.5 Å². The van der Waals surface area contributed by atoms with E-state index in [-0.39, 0.29) is 11.7 Å². The van der Waals surface area contributed by atoms with E-state index in [9.17, 15) is 4.79 Å². The average molecular weight is 286 g/mol. The quantitative estimate of drug-likeness (QED) is 0.628. The second kappa shape index (κ2) is 6.83. The van der Waals surface area contributed by atoms with E-state index in [4.69, 9.17) is 17.2 Å². The molecule has 0 unspecified atom stereocenters. The molecular weight excluding hydrogens is 264 g/mol. The Morgan fingerprint density at radius 1 is 1.10 bits per heavy atom. The number of amides is 1. The van der Waals surface area contributed by atoms with Gasteiger partial charge >= 0.3 is 0 Å². The predicted octanol–water partition coefficient (Wildman–Crippen LogP) is 1.42. The third-order valence-corrected chi connectivity index (χ3v) is 3.60. The second-order valence-corrected chi connectivity index (χ2v) is 5.32. The van der Waals surface area contributed by atoms with E-state index in [1.54, 1.807) is 18.2 Å². The summed E-state index contributed by atoms with van der Waals surface area (Å²) in [5, 5.41) is 3.06. The Bertz CT molecular complexity index is 567. The zero-order chi connectivity index (χ0) is 15.2. The maximum Gasteiger partial charge on any atom is 0.251 e. The molecule has 1 fully saturated rings. The summed E-state index contributed by atoms with van der Waals surface area (Å²) >= 11 is 0. The Morgan fingerprint density at radius 2 is 1.76 bits per heavy atom. The fraction of sp³-hybridized carbons (Fsp3) is 0.312. The number of hydrogen-bond acceptors (Lipinski definition) is 4. The van der Waals surface area contributed by atoms with Crippen molar-refractivity contribution in [3.63, 3.8) is 0 Å². The first-order valence-electron chi connectivity index (χ1n) is 7.16. The van der Waals surface area contributed by atoms with Crippen LogP contribution in [0.2, 0.25) is 0 Å². The zero-order valence-corrected chi connectivity index (χ0v) is 12.0. The third kappa shape index (κ3) is 4.27. The van der Waals surface area contributed by atoms with Crippen LogP contribution in [0.4, 0.5) is 0 Å². The van der Waals surface area contributed by atoms with E-state index in [0.29, 0.717) is 17.3 Å². The first kappa shape index (κ1) is 15.0. The summed E-state index contributed by atoms with van der Waals surface area (Å²) in [6.07, 6.45) is 7.66. The first-order chi connectivity index (χ1) is 10.1. The fourth-order valence-corrected chi connectivity index (χ4v) is 2.46. The number of allylic oxidation sites excluding steroid dienone is 2. The molecule has 1 amide bonds. The van der Waals surface area contributed by atoms with Crippen LogP contribution in [0, 0.1) is 0 Å². The average Bonchev–Trinajstić information content (AvgIpc) is 2.97. The van der Waals surface area contributed by atoms with Crippen molar-refractivity contribution in [1.29, 1.82) is 0 Å². The molecule has 0 heterocycles. The summed E-state index contributed by atoms with van der Waals surface area (Å²) < 4.78 is 0. The summed E-state index contributed by atoms with van der Waals surface area (Å²) in [5.74, 6) is 0.138. The molecule has 1 aliphatic carbocycles. The number of carbonyl (C=O) groups is 1. The molecule has 1 aromatic carbocycles. The number of hydrogen-bond donors (Lipinski definition) is 4. The van der Waals surface area contributed by atoms with Gasteiger partial charge in [-0.05, 0) is 42.7 Å². The van der Waals surface area contributed by atoms with Gasteiger partial charge in [0.15, 0.2) is 0 Å². The van der Waals surface area contributed by atoms with Gasteiger partial charge in [0.25, 0.3) is 5.91 Å². The lowest BCUT2D eigenvalue weighted by Gasteiger charge is -2.12. The summed E-state index contributed by atoms with van der Waals surface area (Å²) in [6.45, 7) is 0. The minimum Gasteiger partial charge on any atom is -0.398 e. The number of rotatable bonds is 4. The monoisotopic (exact) mass is 286 g/mol. The van der Waals surface area contributed by atoms with Gasteiger partial charge in [0.05, 0.1) is 5.82 Å². The molecule has 2 rings (SSSR count). The molecule has 1 aliphatic rings. The van der Waals surface area contributed by atoms with Crippen LogP contribution in [0.5, 0.6) is 0 Å². The number of nitrogens with two attached hydrogens (primary N) is 3. The Labute approximate surface area is 124 Å². The van der Waals surface area contributed by atoms with Gasteiger partial charge < -0.3 is 22.5 Å². The third-order valence-electron chi connectivity index (χ3n) is 3.60. The van der Waals surface area contributed by atoms with E-state index in [0.717, 1.165) is 18.4 Å². The first-order valence-corrected chi connectivity index (χ1v) is 7.16. The molecular formula is C16H22N4O. The predicted molar refractivity (Wildman–Crippen MR) is 84.8 cm³/mol. The van der Waals surface area contributed by atoms with Crippen molar-refractivity contribution in [3.05, 3.63) is 53.4 Å². The van der Waals surface area contributed by atoms with E-state index < -0.39 is 0 Å². The van der Waals surface area contributed by atoms with Crippen LogP contribution in [-0.4, -0.2) is 11.9 Å². The normalized spacial score (nSPS) is 15.7. The van der Waals surface area contributed by atoms with Crippen LogP contribution in [0.3, 0.4) is 0 Å². The molecule has 0 saturated heterocycles. The summed E-state index contributed by atoms with van der Waals surface area (Å²) in [7, 11) is 0. The Kier molecular flexibility index (Phi) is 4.87. The molecule has 112 valence electrons. The minimum absolute atomic E-state index is 0.0505. The SMILES string of the molecule is NC(N)=C/C=C(\N)c1cccc(C(=O)NC2CCCC2)c1. The summed E-state index contributed by atoms with van der Waals surface area (Å²) in [4.78, 5) is 12.2. The van der Waals surface area contributed by atoms with Crippen molar-refractivity contribution in [2.45, 2.75) is 31.7 Å². The van der Waals surface area contributed by atoms with E-state index in [2.05, 4.69) is 5.32 Å². The van der Waals surface area contributed by atoms with Gasteiger partial charge in [-0.3, -0.25) is 4.79 Å². The molecule has 0 bridgehead atoms. The molecule has 0 radical (unpaired) electrons. The second-order valence-electron chi connectivity index (χ2n) is 5.32. The molecule has 1 saturated carbocycles. The fourth-order valence-electron chi connectivity index (χ4n) is 2.46. The summed E-state index contributed by atoms with van der Waals surface area (Å²) in [6, 6.07) is 7.52. The Balaban J connectivity index is 2.11. The van der Waals surface area contributed by atoms with Crippen molar-refractivity contribution >= 4 is 11.6 Å². The largest absolute Gasteiger partial charge is 0.398 e. The Hall–Kier alpha value is -2.43. The molecule has 0 spiro atoms. The van der Waals surface area contributed by atoms with Crippen molar-refractivity contribution in [2.24, 2.45) is 17.2 Å². The minimum atomic E-state index is -0.0505. The molecule has 0 atom stereocenters. The van der Waals surface area contributed by atoms with Gasteiger partial charge in [0.2, 0.25) is 0 Å². The van der Waals surface area contributed by atoms with Gasteiger partial charge in [-0.15, -0.1) is 0 Å². The molecule has 7 N–H and O–H groups in total. The topological polar surface area (TPSA) is 107 Å². The van der Waals surface area contributed by atoms with Gasteiger partial charge in [-0.1, -0.05) is 25.0 Å². The molecule has 1 aromatic rings. The van der Waals surface area contributed by atoms with Crippen LogP contribution in [-0.2, 0) is 0 Å². The summed E-state index contributed by atoms with van der Waals surface area (Å²) in [5.41, 5.74) is 18.6. The zero-order valence-electron chi connectivity index (χ0n) is 12.0. The smallest absolute Gasteiger partial charge is 0.251 e. The Morgan fingerprint density at radius 3 is 2.43 bits per heavy atom. The molecule has 5 nitrogen and oxygen atoms in total. The highest BCUT2D eigenvalue weighted by Crippen LogP contribution is 2.18. The molecule has 5 heteroatoms. The van der Waals surface area contributed by atoms with Crippen LogP contribution in [0.15, 0.2) is 42.2 Å². The van der Waals surface area contributed by atoms with Crippen LogP contribution >= 0.6 is 0 Å².